The fourth-order valence-electron chi connectivity index (χ4n) is 1.79. The highest BCUT2D eigenvalue weighted by Gasteiger charge is 2.03. The number of hydrogen-bond acceptors (Lipinski definition) is 2. The summed E-state index contributed by atoms with van der Waals surface area (Å²) in [5, 5.41) is 3.26. The number of nitrogens with zero attached hydrogens (tertiary/aromatic N) is 2. The Morgan fingerprint density at radius 2 is 1.83 bits per heavy atom. The van der Waals surface area contributed by atoms with Gasteiger partial charge in [0, 0.05) is 12.6 Å². The van der Waals surface area contributed by atoms with Gasteiger partial charge in [-0.25, -0.2) is 0 Å². The van der Waals surface area contributed by atoms with E-state index in [0.29, 0.717) is 12.0 Å². The molecule has 0 saturated carbocycles. The fourth-order valence-corrected chi connectivity index (χ4v) is 1.79. The predicted molar refractivity (Wildman–Crippen MR) is 80.9 cm³/mol. The number of rotatable bonds is 9. The standard InChI is InChI=1S/C14H32N4/c1-12(2)8-6-9-13(3)17-14(15)16-10-7-11-18(4)5/h12-13H,6-11H2,1-5H3,(H3,15,16,17). The first-order valence-electron chi connectivity index (χ1n) is 7.13. The van der Waals surface area contributed by atoms with Crippen LogP contribution in [0.5, 0.6) is 0 Å². The Morgan fingerprint density at radius 3 is 2.39 bits per heavy atom. The van der Waals surface area contributed by atoms with Crippen molar-refractivity contribution >= 4 is 5.96 Å². The molecule has 0 aromatic heterocycles. The summed E-state index contributed by atoms with van der Waals surface area (Å²) in [6, 6.07) is 0.418. The molecule has 1 atom stereocenters. The van der Waals surface area contributed by atoms with Crippen molar-refractivity contribution in [2.45, 2.75) is 52.5 Å². The SMILES string of the molecule is CC(C)CCCC(C)NC(N)=NCCCN(C)C. The Morgan fingerprint density at radius 1 is 1.17 bits per heavy atom. The number of nitrogens with one attached hydrogen (secondary N) is 1. The van der Waals surface area contributed by atoms with Gasteiger partial charge < -0.3 is 16.0 Å². The smallest absolute Gasteiger partial charge is 0.188 e. The van der Waals surface area contributed by atoms with E-state index in [0.717, 1.165) is 31.8 Å². The molecule has 0 rings (SSSR count). The molecule has 4 heteroatoms. The summed E-state index contributed by atoms with van der Waals surface area (Å²) in [7, 11) is 4.14. The first kappa shape index (κ1) is 17.2. The summed E-state index contributed by atoms with van der Waals surface area (Å²) in [6.07, 6.45) is 4.74. The van der Waals surface area contributed by atoms with E-state index in [1.165, 1.54) is 12.8 Å². The molecule has 0 heterocycles. The van der Waals surface area contributed by atoms with Gasteiger partial charge in [-0.1, -0.05) is 26.7 Å². The summed E-state index contributed by atoms with van der Waals surface area (Å²) in [6.45, 7) is 8.55. The number of hydrogen-bond donors (Lipinski definition) is 2. The van der Waals surface area contributed by atoms with Crippen molar-refractivity contribution in [3.8, 4) is 0 Å². The number of guanidine groups is 1. The zero-order valence-electron chi connectivity index (χ0n) is 12.9. The number of nitrogens with two attached hydrogens (primary N) is 1. The van der Waals surface area contributed by atoms with Crippen molar-refractivity contribution in [2.24, 2.45) is 16.6 Å². The van der Waals surface area contributed by atoms with Crippen LogP contribution in [0.2, 0.25) is 0 Å². The molecule has 0 saturated heterocycles. The van der Waals surface area contributed by atoms with Crippen molar-refractivity contribution in [3.05, 3.63) is 0 Å². The second-order valence-corrected chi connectivity index (χ2v) is 5.79. The quantitative estimate of drug-likeness (QED) is 0.377. The molecular formula is C14H32N4. The van der Waals surface area contributed by atoms with Crippen molar-refractivity contribution in [2.75, 3.05) is 27.2 Å². The van der Waals surface area contributed by atoms with Crippen molar-refractivity contribution in [1.29, 1.82) is 0 Å². The topological polar surface area (TPSA) is 53.6 Å². The lowest BCUT2D eigenvalue weighted by Crippen LogP contribution is -2.38. The Balaban J connectivity index is 3.64. The van der Waals surface area contributed by atoms with Crippen molar-refractivity contribution < 1.29 is 0 Å². The Bertz CT molecular complexity index is 224. The van der Waals surface area contributed by atoms with E-state index in [9.17, 15) is 0 Å². The van der Waals surface area contributed by atoms with Crippen LogP contribution < -0.4 is 11.1 Å². The fraction of sp³-hybridized carbons (Fsp3) is 0.929. The maximum absolute atomic E-state index is 5.85. The molecule has 4 nitrogen and oxygen atoms in total. The second kappa shape index (κ2) is 10.2. The lowest BCUT2D eigenvalue weighted by atomic mass is 10.0. The first-order valence-corrected chi connectivity index (χ1v) is 7.13. The van der Waals surface area contributed by atoms with Gasteiger partial charge in [0.25, 0.3) is 0 Å². The molecule has 0 radical (unpaired) electrons. The van der Waals surface area contributed by atoms with Gasteiger partial charge in [0.05, 0.1) is 0 Å². The molecule has 18 heavy (non-hydrogen) atoms. The summed E-state index contributed by atoms with van der Waals surface area (Å²) in [5.41, 5.74) is 5.85. The van der Waals surface area contributed by atoms with Crippen LogP contribution in [0.1, 0.15) is 46.5 Å². The predicted octanol–water partition coefficient (Wildman–Crippen LogP) is 2.06. The zero-order chi connectivity index (χ0) is 14.0. The number of aliphatic imine (C=N–C) groups is 1. The molecule has 0 aromatic carbocycles. The lowest BCUT2D eigenvalue weighted by molar-refractivity contribution is 0.403. The molecule has 0 aromatic rings. The molecule has 0 spiro atoms. The van der Waals surface area contributed by atoms with E-state index in [2.05, 4.69) is 50.1 Å². The monoisotopic (exact) mass is 256 g/mol. The molecule has 0 bridgehead atoms. The highest BCUT2D eigenvalue weighted by atomic mass is 15.1. The third kappa shape index (κ3) is 11.7. The molecule has 3 N–H and O–H groups in total. The molecule has 1 unspecified atom stereocenters. The molecular weight excluding hydrogens is 224 g/mol. The third-order valence-electron chi connectivity index (χ3n) is 2.86. The largest absolute Gasteiger partial charge is 0.370 e. The highest BCUT2D eigenvalue weighted by molar-refractivity contribution is 5.78. The molecule has 0 fully saturated rings. The van der Waals surface area contributed by atoms with Gasteiger partial charge in [-0.3, -0.25) is 4.99 Å². The van der Waals surface area contributed by atoms with Gasteiger partial charge in [0.1, 0.15) is 0 Å². The maximum Gasteiger partial charge on any atom is 0.188 e. The van der Waals surface area contributed by atoms with Crippen molar-refractivity contribution in [3.63, 3.8) is 0 Å². The van der Waals surface area contributed by atoms with E-state index in [1.807, 2.05) is 0 Å². The molecule has 108 valence electrons. The average Bonchev–Trinajstić information content (AvgIpc) is 2.23. The van der Waals surface area contributed by atoms with Crippen LogP contribution in [0.3, 0.4) is 0 Å². The Kier molecular flexibility index (Phi) is 9.74. The average molecular weight is 256 g/mol. The summed E-state index contributed by atoms with van der Waals surface area (Å²) in [5.74, 6) is 1.38. The highest BCUT2D eigenvalue weighted by Crippen LogP contribution is 2.07. The first-order chi connectivity index (χ1) is 8.41. The maximum atomic E-state index is 5.85. The van der Waals surface area contributed by atoms with Crippen LogP contribution >= 0.6 is 0 Å². The summed E-state index contributed by atoms with van der Waals surface area (Å²) < 4.78 is 0. The van der Waals surface area contributed by atoms with Gasteiger partial charge in [0.2, 0.25) is 0 Å². The minimum Gasteiger partial charge on any atom is -0.370 e. The van der Waals surface area contributed by atoms with E-state index in [4.69, 9.17) is 5.73 Å². The van der Waals surface area contributed by atoms with Crippen molar-refractivity contribution in [1.82, 2.24) is 10.2 Å². The van der Waals surface area contributed by atoms with Crippen LogP contribution in [0.15, 0.2) is 4.99 Å². The van der Waals surface area contributed by atoms with E-state index < -0.39 is 0 Å². The van der Waals surface area contributed by atoms with Crippen LogP contribution in [-0.4, -0.2) is 44.1 Å². The van der Waals surface area contributed by atoms with Gasteiger partial charge in [-0.05, 0) is 46.3 Å². The normalized spacial score (nSPS) is 14.3. The third-order valence-corrected chi connectivity index (χ3v) is 2.86. The Hall–Kier alpha value is -0.770. The van der Waals surface area contributed by atoms with Gasteiger partial charge in [0.15, 0.2) is 5.96 Å². The molecule has 0 aliphatic carbocycles. The summed E-state index contributed by atoms with van der Waals surface area (Å²) in [4.78, 5) is 6.50. The minimum absolute atomic E-state index is 0.418. The zero-order valence-corrected chi connectivity index (χ0v) is 12.9. The Labute approximate surface area is 113 Å². The van der Waals surface area contributed by atoms with Crippen LogP contribution in [0.25, 0.3) is 0 Å². The summed E-state index contributed by atoms with van der Waals surface area (Å²) >= 11 is 0. The van der Waals surface area contributed by atoms with E-state index >= 15 is 0 Å². The van der Waals surface area contributed by atoms with Crippen LogP contribution in [-0.2, 0) is 0 Å². The molecule has 0 amide bonds. The van der Waals surface area contributed by atoms with Crippen LogP contribution in [0, 0.1) is 5.92 Å². The molecule has 0 aliphatic rings. The van der Waals surface area contributed by atoms with Gasteiger partial charge >= 0.3 is 0 Å². The second-order valence-electron chi connectivity index (χ2n) is 5.79. The van der Waals surface area contributed by atoms with E-state index in [-0.39, 0.29) is 0 Å². The van der Waals surface area contributed by atoms with Gasteiger partial charge in [-0.2, -0.15) is 0 Å². The van der Waals surface area contributed by atoms with Crippen LogP contribution in [0.4, 0.5) is 0 Å². The van der Waals surface area contributed by atoms with E-state index in [1.54, 1.807) is 0 Å². The van der Waals surface area contributed by atoms with Gasteiger partial charge in [-0.15, -0.1) is 0 Å². The molecule has 0 aliphatic heterocycles. The minimum atomic E-state index is 0.418. The lowest BCUT2D eigenvalue weighted by Gasteiger charge is -2.15.